The third-order valence-electron chi connectivity index (χ3n) is 4.34. The zero-order valence-corrected chi connectivity index (χ0v) is 13.8. The van der Waals surface area contributed by atoms with Gasteiger partial charge >= 0.3 is 0 Å². The first-order valence-corrected chi connectivity index (χ1v) is 8.62. The van der Waals surface area contributed by atoms with Gasteiger partial charge in [0.15, 0.2) is 5.11 Å². The van der Waals surface area contributed by atoms with Crippen molar-refractivity contribution in [2.24, 2.45) is 0 Å². The average molecular weight is 336 g/mol. The van der Waals surface area contributed by atoms with Crippen LogP contribution in [0.2, 0.25) is 0 Å². The van der Waals surface area contributed by atoms with Crippen LogP contribution in [-0.4, -0.2) is 18.9 Å². The van der Waals surface area contributed by atoms with Crippen LogP contribution in [0.25, 0.3) is 0 Å². The second kappa shape index (κ2) is 5.39. The Labute approximate surface area is 145 Å². The lowest BCUT2D eigenvalue weighted by atomic mass is 9.80. The van der Waals surface area contributed by atoms with E-state index < -0.39 is 5.54 Å². The number of benzene rings is 2. The van der Waals surface area contributed by atoms with E-state index in [0.29, 0.717) is 17.0 Å². The number of thioether (sulfide) groups is 1. The van der Waals surface area contributed by atoms with Gasteiger partial charge in [0.1, 0.15) is 13.4 Å². The van der Waals surface area contributed by atoms with E-state index in [9.17, 15) is 4.79 Å². The summed E-state index contributed by atoms with van der Waals surface area (Å²) in [6, 6.07) is 16.0. The summed E-state index contributed by atoms with van der Waals surface area (Å²) in [5.41, 5.74) is 1.92. The van der Waals surface area contributed by atoms with Crippen LogP contribution in [0.3, 0.4) is 0 Å². The van der Waals surface area contributed by atoms with E-state index >= 15 is 0 Å². The first kappa shape index (κ1) is 14.8. The topological polar surface area (TPSA) is 41.1 Å². The van der Waals surface area contributed by atoms with Gasteiger partial charge < -0.3 is 10.6 Å². The van der Waals surface area contributed by atoms with E-state index in [4.69, 9.17) is 20.1 Å². The highest BCUT2D eigenvalue weighted by atomic mass is 32.2. The van der Waals surface area contributed by atoms with Crippen molar-refractivity contribution in [2.45, 2.75) is 22.1 Å². The molecule has 0 saturated carbocycles. The Hall–Kier alpha value is -1.79. The molecule has 1 saturated heterocycles. The number of fused-ring (bicyclic) bond motifs is 2. The van der Waals surface area contributed by atoms with Crippen molar-refractivity contribution in [3.8, 4) is 0 Å². The largest absolute Gasteiger partial charge is 0.344 e. The maximum atomic E-state index is 12.7. The van der Waals surface area contributed by atoms with Crippen LogP contribution in [0.5, 0.6) is 0 Å². The fourth-order valence-electron chi connectivity index (χ4n) is 3.25. The van der Waals surface area contributed by atoms with E-state index in [1.165, 1.54) is 5.56 Å². The van der Waals surface area contributed by atoms with Gasteiger partial charge in [0.25, 0.3) is 5.91 Å². The highest BCUT2D eigenvalue weighted by Crippen LogP contribution is 2.51. The summed E-state index contributed by atoms with van der Waals surface area (Å²) in [5, 5.41) is 6.49. The molecule has 23 heavy (non-hydrogen) atoms. The number of hydrogen-bond acceptors (Lipinski definition) is 3. The number of carbonyl (C=O) groups is 1. The van der Waals surface area contributed by atoms with Gasteiger partial charge in [-0.15, -0.1) is 11.8 Å². The van der Waals surface area contributed by atoms with Crippen LogP contribution < -0.4 is 16.1 Å². The Balaban J connectivity index is 1.86. The first-order chi connectivity index (χ1) is 11.1. The van der Waals surface area contributed by atoms with Crippen LogP contribution in [0, 0.1) is 0 Å². The molecule has 0 aliphatic carbocycles. The second-order valence-electron chi connectivity index (χ2n) is 5.79. The number of carbonyl (C=O) groups excluding carboxylic acids is 1. The molecule has 4 rings (SSSR count). The molecular formula is C17H13BN2OS2. The molecule has 2 aromatic carbocycles. The molecule has 2 radical (unpaired) electrons. The summed E-state index contributed by atoms with van der Waals surface area (Å²) in [7, 11) is 5.96. The van der Waals surface area contributed by atoms with Crippen molar-refractivity contribution >= 4 is 48.3 Å². The fourth-order valence-corrected chi connectivity index (χ4v) is 4.95. The highest BCUT2D eigenvalue weighted by molar-refractivity contribution is 7.99. The maximum absolute atomic E-state index is 12.7. The van der Waals surface area contributed by atoms with Crippen LogP contribution >= 0.6 is 24.0 Å². The minimum absolute atomic E-state index is 0.101. The molecule has 3 nitrogen and oxygen atoms in total. The van der Waals surface area contributed by atoms with Crippen LogP contribution in [0.1, 0.15) is 22.8 Å². The molecule has 2 aliphatic heterocycles. The van der Waals surface area contributed by atoms with Gasteiger partial charge in [0, 0.05) is 16.6 Å². The van der Waals surface area contributed by atoms with Crippen molar-refractivity contribution in [3.63, 3.8) is 0 Å². The van der Waals surface area contributed by atoms with Gasteiger partial charge in [0.2, 0.25) is 0 Å². The molecule has 1 fully saturated rings. The first-order valence-electron chi connectivity index (χ1n) is 7.34. The standard InChI is InChI=1S/C17H13BN2OS2/c18-11-6-7-13-12(8-11)17(15(21)19-16(22)20-17)9-14(23-13)10-4-2-1-3-5-10/h1-8,14H,9H2,(H2,19,20,21,22). The Morgan fingerprint density at radius 3 is 2.70 bits per heavy atom. The highest BCUT2D eigenvalue weighted by Gasteiger charge is 2.51. The summed E-state index contributed by atoms with van der Waals surface area (Å²) in [6.45, 7) is 0. The molecule has 2 unspecified atom stereocenters. The Kier molecular flexibility index (Phi) is 3.46. The van der Waals surface area contributed by atoms with E-state index in [1.807, 2.05) is 36.4 Å². The molecule has 2 N–H and O–H groups in total. The smallest absolute Gasteiger partial charge is 0.256 e. The average Bonchev–Trinajstić information content (AvgIpc) is 2.83. The minimum Gasteiger partial charge on any atom is -0.344 e. The predicted octanol–water partition coefficient (Wildman–Crippen LogP) is 1.92. The maximum Gasteiger partial charge on any atom is 0.256 e. The van der Waals surface area contributed by atoms with Gasteiger partial charge in [-0.2, -0.15) is 0 Å². The number of thiocarbonyl (C=S) groups is 1. The number of amides is 1. The minimum atomic E-state index is -0.840. The number of rotatable bonds is 1. The van der Waals surface area contributed by atoms with Gasteiger partial charge in [-0.3, -0.25) is 4.79 Å². The monoisotopic (exact) mass is 336 g/mol. The molecule has 2 atom stereocenters. The molecule has 0 bridgehead atoms. The summed E-state index contributed by atoms with van der Waals surface area (Å²) in [5.74, 6) is -0.101. The Morgan fingerprint density at radius 1 is 1.22 bits per heavy atom. The molecule has 1 amide bonds. The Morgan fingerprint density at radius 2 is 2.00 bits per heavy atom. The van der Waals surface area contributed by atoms with Crippen LogP contribution in [-0.2, 0) is 10.3 Å². The molecular weight excluding hydrogens is 323 g/mol. The van der Waals surface area contributed by atoms with E-state index in [0.717, 1.165) is 10.5 Å². The van der Waals surface area contributed by atoms with Gasteiger partial charge in [0.05, 0.1) is 0 Å². The molecule has 0 aromatic heterocycles. The van der Waals surface area contributed by atoms with Crippen molar-refractivity contribution in [3.05, 3.63) is 59.7 Å². The lowest BCUT2D eigenvalue weighted by Crippen LogP contribution is -2.47. The Bertz CT molecular complexity index is 811. The third-order valence-corrected chi connectivity index (χ3v) is 5.87. The van der Waals surface area contributed by atoms with Crippen molar-refractivity contribution < 1.29 is 4.79 Å². The van der Waals surface area contributed by atoms with E-state index in [-0.39, 0.29) is 11.2 Å². The van der Waals surface area contributed by atoms with Gasteiger partial charge in [-0.05, 0) is 29.4 Å². The number of nitrogens with one attached hydrogen (secondary N) is 2. The zero-order valence-electron chi connectivity index (χ0n) is 12.2. The second-order valence-corrected chi connectivity index (χ2v) is 7.44. The fraction of sp³-hybridized carbons (Fsp3) is 0.176. The van der Waals surface area contributed by atoms with Gasteiger partial charge in [-0.25, -0.2) is 0 Å². The molecule has 1 spiro atoms. The summed E-state index contributed by atoms with van der Waals surface area (Å²) >= 11 is 6.95. The van der Waals surface area contributed by atoms with Crippen molar-refractivity contribution in [1.29, 1.82) is 0 Å². The third kappa shape index (κ3) is 2.37. The molecule has 2 aromatic rings. The normalized spacial score (nSPS) is 25.8. The van der Waals surface area contributed by atoms with E-state index in [1.54, 1.807) is 11.8 Å². The molecule has 6 heteroatoms. The summed E-state index contributed by atoms with van der Waals surface area (Å²) < 4.78 is 0. The lowest BCUT2D eigenvalue weighted by molar-refractivity contribution is -0.124. The summed E-state index contributed by atoms with van der Waals surface area (Å²) in [4.78, 5) is 13.8. The van der Waals surface area contributed by atoms with E-state index in [2.05, 4.69) is 22.8 Å². The van der Waals surface area contributed by atoms with Crippen molar-refractivity contribution in [2.75, 3.05) is 0 Å². The summed E-state index contributed by atoms with van der Waals surface area (Å²) in [6.07, 6.45) is 0.629. The van der Waals surface area contributed by atoms with Crippen LogP contribution in [0.4, 0.5) is 0 Å². The molecule has 2 heterocycles. The lowest BCUT2D eigenvalue weighted by Gasteiger charge is -2.37. The quantitative estimate of drug-likeness (QED) is 0.617. The van der Waals surface area contributed by atoms with Crippen molar-refractivity contribution in [1.82, 2.24) is 10.6 Å². The van der Waals surface area contributed by atoms with Gasteiger partial charge in [-0.1, -0.05) is 47.9 Å². The molecule has 112 valence electrons. The molecule has 2 aliphatic rings. The number of hydrogen-bond donors (Lipinski definition) is 2. The van der Waals surface area contributed by atoms with Crippen LogP contribution in [0.15, 0.2) is 53.4 Å². The SMILES string of the molecule is [B]c1ccc2c(c1)C1(CC(c3ccccc3)S2)NC(=S)NC1=O. The predicted molar refractivity (Wildman–Crippen MR) is 97.0 cm³/mol. The zero-order chi connectivity index (χ0) is 16.0.